The first-order valence-electron chi connectivity index (χ1n) is 6.27. The first-order chi connectivity index (χ1) is 7.60. The number of rotatable bonds is 5. The van der Waals surface area contributed by atoms with Gasteiger partial charge in [0.2, 0.25) is 0 Å². The second-order valence-electron chi connectivity index (χ2n) is 6.12. The van der Waals surface area contributed by atoms with E-state index in [4.69, 9.17) is 0 Å². The topological polar surface area (TPSA) is 57.6 Å². The molecule has 4 nitrogen and oxygen atoms in total. The van der Waals surface area contributed by atoms with Crippen molar-refractivity contribution in [3.05, 3.63) is 0 Å². The largest absolute Gasteiger partial charge is 0.387 e. The smallest absolute Gasteiger partial charge is 0.156 e. The Morgan fingerprint density at radius 2 is 1.82 bits per heavy atom. The van der Waals surface area contributed by atoms with E-state index in [1.54, 1.807) is 20.8 Å². The Bertz CT molecular complexity index is 350. The molecule has 17 heavy (non-hydrogen) atoms. The molecule has 0 spiro atoms. The lowest BCUT2D eigenvalue weighted by atomic mass is 9.89. The monoisotopic (exact) mass is 263 g/mol. The number of sulfone groups is 1. The van der Waals surface area contributed by atoms with Gasteiger partial charge in [0, 0.05) is 19.6 Å². The van der Waals surface area contributed by atoms with Crippen LogP contribution < -0.4 is 0 Å². The van der Waals surface area contributed by atoms with Crippen molar-refractivity contribution in [2.75, 3.05) is 25.4 Å². The van der Waals surface area contributed by atoms with Crippen LogP contribution in [0.1, 0.15) is 40.5 Å². The maximum atomic E-state index is 11.9. The zero-order chi connectivity index (χ0) is 13.3. The lowest BCUT2D eigenvalue weighted by Crippen LogP contribution is -2.62. The van der Waals surface area contributed by atoms with Gasteiger partial charge in [-0.05, 0) is 27.2 Å². The molecule has 1 N–H and O–H groups in total. The SMILES string of the molecule is CCCC1(O)CN(CCS(=O)(=O)C(C)(C)C)C1. The summed E-state index contributed by atoms with van der Waals surface area (Å²) in [5, 5.41) is 9.98. The number of nitrogens with zero attached hydrogens (tertiary/aromatic N) is 1. The molecule has 0 radical (unpaired) electrons. The maximum absolute atomic E-state index is 11.9. The highest BCUT2D eigenvalue weighted by Crippen LogP contribution is 2.26. The lowest BCUT2D eigenvalue weighted by Gasteiger charge is -2.46. The molecule has 1 aliphatic rings. The van der Waals surface area contributed by atoms with Crippen molar-refractivity contribution in [1.29, 1.82) is 0 Å². The molecule has 0 aromatic heterocycles. The predicted molar refractivity (Wildman–Crippen MR) is 69.8 cm³/mol. The summed E-state index contributed by atoms with van der Waals surface area (Å²) in [6.45, 7) is 8.99. The fourth-order valence-corrected chi connectivity index (χ4v) is 3.23. The molecule has 1 heterocycles. The summed E-state index contributed by atoms with van der Waals surface area (Å²) >= 11 is 0. The molecule has 0 atom stereocenters. The summed E-state index contributed by atoms with van der Waals surface area (Å²) in [7, 11) is -3.04. The first kappa shape index (κ1) is 14.9. The van der Waals surface area contributed by atoms with Gasteiger partial charge < -0.3 is 5.11 Å². The van der Waals surface area contributed by atoms with Gasteiger partial charge >= 0.3 is 0 Å². The predicted octanol–water partition coefficient (Wildman–Crippen LogP) is 1.05. The normalized spacial score (nSPS) is 21.2. The van der Waals surface area contributed by atoms with E-state index >= 15 is 0 Å². The maximum Gasteiger partial charge on any atom is 0.156 e. The zero-order valence-corrected chi connectivity index (χ0v) is 12.2. The molecule has 0 aromatic carbocycles. The summed E-state index contributed by atoms with van der Waals surface area (Å²) in [6, 6.07) is 0. The second-order valence-corrected chi connectivity index (χ2v) is 8.98. The van der Waals surface area contributed by atoms with Crippen LogP contribution in [0, 0.1) is 0 Å². The fraction of sp³-hybridized carbons (Fsp3) is 1.00. The van der Waals surface area contributed by atoms with Crippen LogP contribution in [-0.2, 0) is 9.84 Å². The standard InChI is InChI=1S/C12H25NO3S/c1-5-6-12(14)9-13(10-12)7-8-17(15,16)11(2,3)4/h14H,5-10H2,1-4H3. The van der Waals surface area contributed by atoms with Gasteiger partial charge in [-0.25, -0.2) is 8.42 Å². The van der Waals surface area contributed by atoms with E-state index in [1.165, 1.54) is 0 Å². The van der Waals surface area contributed by atoms with Gasteiger partial charge in [0.25, 0.3) is 0 Å². The van der Waals surface area contributed by atoms with E-state index in [9.17, 15) is 13.5 Å². The van der Waals surface area contributed by atoms with Gasteiger partial charge in [-0.15, -0.1) is 0 Å². The van der Waals surface area contributed by atoms with E-state index in [1.807, 2.05) is 11.8 Å². The van der Waals surface area contributed by atoms with Crippen LogP contribution in [0.5, 0.6) is 0 Å². The molecule has 1 aliphatic heterocycles. The summed E-state index contributed by atoms with van der Waals surface area (Å²) in [5.74, 6) is 0.179. The van der Waals surface area contributed by atoms with Crippen molar-refractivity contribution in [2.24, 2.45) is 0 Å². The quantitative estimate of drug-likeness (QED) is 0.805. The van der Waals surface area contributed by atoms with Crippen LogP contribution in [0.2, 0.25) is 0 Å². The third-order valence-electron chi connectivity index (χ3n) is 3.36. The van der Waals surface area contributed by atoms with Crippen LogP contribution in [0.3, 0.4) is 0 Å². The molecule has 0 saturated carbocycles. The fourth-order valence-electron chi connectivity index (χ4n) is 2.12. The molecule has 0 aliphatic carbocycles. The molecule has 0 aromatic rings. The van der Waals surface area contributed by atoms with Crippen molar-refractivity contribution in [1.82, 2.24) is 4.90 Å². The number of likely N-dealkylation sites (tertiary alicyclic amines) is 1. The Hall–Kier alpha value is -0.130. The van der Waals surface area contributed by atoms with Gasteiger partial charge in [0.05, 0.1) is 16.1 Å². The van der Waals surface area contributed by atoms with Crippen LogP contribution in [-0.4, -0.2) is 54.2 Å². The number of β-amino-alcohol motifs (C(OH)–C–C–N with tert-alkyl or cyclic N) is 1. The summed E-state index contributed by atoms with van der Waals surface area (Å²) in [5.41, 5.74) is -0.569. The molecule has 102 valence electrons. The second kappa shape index (κ2) is 4.86. The Morgan fingerprint density at radius 3 is 2.24 bits per heavy atom. The molecular formula is C12H25NO3S. The molecule has 1 fully saturated rings. The Labute approximate surface area is 105 Å². The number of aliphatic hydroxyl groups is 1. The summed E-state index contributed by atoms with van der Waals surface area (Å²) in [6.07, 6.45) is 1.76. The molecule has 0 bridgehead atoms. The van der Waals surface area contributed by atoms with Gasteiger partial charge in [-0.2, -0.15) is 0 Å². The first-order valence-corrected chi connectivity index (χ1v) is 7.92. The van der Waals surface area contributed by atoms with Gasteiger partial charge in [-0.1, -0.05) is 13.3 Å². The minimum Gasteiger partial charge on any atom is -0.387 e. The van der Waals surface area contributed by atoms with Gasteiger partial charge in [0.15, 0.2) is 9.84 Å². The van der Waals surface area contributed by atoms with Crippen LogP contribution in [0.15, 0.2) is 0 Å². The van der Waals surface area contributed by atoms with Crippen LogP contribution >= 0.6 is 0 Å². The van der Waals surface area contributed by atoms with Gasteiger partial charge in [-0.3, -0.25) is 4.90 Å². The van der Waals surface area contributed by atoms with Crippen molar-refractivity contribution in [2.45, 2.75) is 50.9 Å². The van der Waals surface area contributed by atoms with Crippen molar-refractivity contribution in [3.63, 3.8) is 0 Å². The van der Waals surface area contributed by atoms with E-state index in [2.05, 4.69) is 0 Å². The molecule has 1 rings (SSSR count). The Kier molecular flexibility index (Phi) is 4.27. The minimum absolute atomic E-state index is 0.179. The Balaban J connectivity index is 2.37. The molecule has 0 amide bonds. The third kappa shape index (κ3) is 3.66. The van der Waals surface area contributed by atoms with Crippen LogP contribution in [0.25, 0.3) is 0 Å². The summed E-state index contributed by atoms with van der Waals surface area (Å²) in [4.78, 5) is 2.01. The average molecular weight is 263 g/mol. The van der Waals surface area contributed by atoms with E-state index in [0.29, 0.717) is 19.6 Å². The molecule has 0 unspecified atom stereocenters. The van der Waals surface area contributed by atoms with E-state index in [-0.39, 0.29) is 5.75 Å². The molecule has 5 heteroatoms. The van der Waals surface area contributed by atoms with E-state index in [0.717, 1.165) is 12.8 Å². The van der Waals surface area contributed by atoms with Crippen molar-refractivity contribution in [3.8, 4) is 0 Å². The van der Waals surface area contributed by atoms with Crippen molar-refractivity contribution >= 4 is 9.84 Å². The highest BCUT2D eigenvalue weighted by Gasteiger charge is 2.40. The van der Waals surface area contributed by atoms with Crippen LogP contribution in [0.4, 0.5) is 0 Å². The molecular weight excluding hydrogens is 238 g/mol. The Morgan fingerprint density at radius 1 is 1.29 bits per heavy atom. The zero-order valence-electron chi connectivity index (χ0n) is 11.4. The van der Waals surface area contributed by atoms with Crippen molar-refractivity contribution < 1.29 is 13.5 Å². The number of hydrogen-bond acceptors (Lipinski definition) is 4. The highest BCUT2D eigenvalue weighted by atomic mass is 32.2. The number of hydrogen-bond donors (Lipinski definition) is 1. The average Bonchev–Trinajstić information content (AvgIpc) is 2.10. The summed E-state index contributed by atoms with van der Waals surface area (Å²) < 4.78 is 23.1. The van der Waals surface area contributed by atoms with Gasteiger partial charge in [0.1, 0.15) is 0 Å². The lowest BCUT2D eigenvalue weighted by molar-refractivity contribution is -0.100. The minimum atomic E-state index is -3.04. The molecule has 1 saturated heterocycles. The third-order valence-corrected chi connectivity index (χ3v) is 5.95. The highest BCUT2D eigenvalue weighted by molar-refractivity contribution is 7.92. The van der Waals surface area contributed by atoms with E-state index < -0.39 is 20.2 Å².